The predicted molar refractivity (Wildman–Crippen MR) is 134 cm³/mol. The quantitative estimate of drug-likeness (QED) is 0.304. The van der Waals surface area contributed by atoms with Gasteiger partial charge in [0.05, 0.1) is 10.6 Å². The molecule has 1 amide bonds. The summed E-state index contributed by atoms with van der Waals surface area (Å²) in [7, 11) is 0. The van der Waals surface area contributed by atoms with Gasteiger partial charge in [-0.15, -0.1) is 0 Å². The van der Waals surface area contributed by atoms with Crippen molar-refractivity contribution in [3.05, 3.63) is 81.8 Å². The summed E-state index contributed by atoms with van der Waals surface area (Å²) >= 11 is 17.2. The number of halogens is 2. The van der Waals surface area contributed by atoms with Gasteiger partial charge in [0, 0.05) is 16.3 Å². The van der Waals surface area contributed by atoms with Crippen LogP contribution in [0.3, 0.4) is 0 Å². The number of carbonyl (C=O) groups is 1. The molecule has 1 heterocycles. The summed E-state index contributed by atoms with van der Waals surface area (Å²) in [5.41, 5.74) is 4.43. The SMILES string of the molecule is CC(C)c1ccc(-c2nc3cc(NC(=S)NC(=O)c4ccc(Cl)cc4Cl)ccc3o2)cc1. The number of nitrogens with one attached hydrogen (secondary N) is 2. The molecule has 0 aliphatic rings. The highest BCUT2D eigenvalue weighted by atomic mass is 35.5. The Bertz CT molecular complexity index is 1320. The lowest BCUT2D eigenvalue weighted by Gasteiger charge is -2.10. The molecule has 32 heavy (non-hydrogen) atoms. The minimum atomic E-state index is -0.432. The molecule has 0 unspecified atom stereocenters. The molecule has 1 aromatic heterocycles. The van der Waals surface area contributed by atoms with Gasteiger partial charge in [-0.2, -0.15) is 0 Å². The van der Waals surface area contributed by atoms with E-state index in [0.29, 0.717) is 33.6 Å². The molecule has 0 fully saturated rings. The van der Waals surface area contributed by atoms with Crippen molar-refractivity contribution < 1.29 is 9.21 Å². The zero-order valence-electron chi connectivity index (χ0n) is 17.3. The van der Waals surface area contributed by atoms with Gasteiger partial charge in [-0.3, -0.25) is 10.1 Å². The molecule has 0 bridgehead atoms. The number of fused-ring (bicyclic) bond motifs is 1. The molecule has 0 aliphatic carbocycles. The zero-order chi connectivity index (χ0) is 22.8. The Morgan fingerprint density at radius 3 is 2.47 bits per heavy atom. The van der Waals surface area contributed by atoms with E-state index in [1.54, 1.807) is 30.3 Å². The Hall–Kier alpha value is -2.93. The zero-order valence-corrected chi connectivity index (χ0v) is 19.6. The number of amides is 1. The van der Waals surface area contributed by atoms with Crippen molar-refractivity contribution in [3.8, 4) is 11.5 Å². The molecule has 8 heteroatoms. The number of carbonyl (C=O) groups excluding carboxylic acids is 1. The number of hydrogen-bond donors (Lipinski definition) is 2. The van der Waals surface area contributed by atoms with Crippen LogP contribution in [0.1, 0.15) is 35.7 Å². The summed E-state index contributed by atoms with van der Waals surface area (Å²) in [5, 5.41) is 6.42. The number of aromatic nitrogens is 1. The lowest BCUT2D eigenvalue weighted by molar-refractivity contribution is 0.0978. The van der Waals surface area contributed by atoms with E-state index in [4.69, 9.17) is 39.8 Å². The van der Waals surface area contributed by atoms with Gasteiger partial charge in [0.15, 0.2) is 10.7 Å². The van der Waals surface area contributed by atoms with Crippen molar-refractivity contribution in [2.75, 3.05) is 5.32 Å². The maximum Gasteiger partial charge on any atom is 0.258 e. The maximum atomic E-state index is 12.4. The first-order chi connectivity index (χ1) is 15.3. The normalized spacial score (nSPS) is 11.0. The number of hydrogen-bond acceptors (Lipinski definition) is 4. The molecule has 5 nitrogen and oxygen atoms in total. The average molecular weight is 484 g/mol. The molecule has 0 saturated carbocycles. The van der Waals surface area contributed by atoms with Crippen LogP contribution in [0.2, 0.25) is 10.0 Å². The van der Waals surface area contributed by atoms with Crippen molar-refractivity contribution in [3.63, 3.8) is 0 Å². The van der Waals surface area contributed by atoms with Crippen molar-refractivity contribution in [1.82, 2.24) is 10.3 Å². The molecular weight excluding hydrogens is 465 g/mol. The standard InChI is InChI=1S/C24H19Cl2N3O2S/c1-13(2)14-3-5-15(6-4-14)23-28-20-12-17(8-10-21(20)31-23)27-24(32)29-22(30)18-9-7-16(25)11-19(18)26/h3-13H,1-2H3,(H2,27,29,30,32). The monoisotopic (exact) mass is 483 g/mol. The van der Waals surface area contributed by atoms with Gasteiger partial charge in [-0.1, -0.05) is 49.2 Å². The van der Waals surface area contributed by atoms with E-state index < -0.39 is 5.91 Å². The Kier molecular flexibility index (Phi) is 6.46. The Balaban J connectivity index is 1.47. The van der Waals surface area contributed by atoms with Crippen LogP contribution in [0.25, 0.3) is 22.6 Å². The van der Waals surface area contributed by atoms with Crippen molar-refractivity contribution in [2.24, 2.45) is 0 Å². The molecule has 0 saturated heterocycles. The highest BCUT2D eigenvalue weighted by molar-refractivity contribution is 7.80. The van der Waals surface area contributed by atoms with Crippen LogP contribution in [-0.2, 0) is 0 Å². The fourth-order valence-electron chi connectivity index (χ4n) is 3.15. The molecule has 4 rings (SSSR count). The summed E-state index contributed by atoms with van der Waals surface area (Å²) in [6, 6.07) is 18.2. The Labute approximate surface area is 200 Å². The van der Waals surface area contributed by atoms with E-state index in [1.165, 1.54) is 11.6 Å². The summed E-state index contributed by atoms with van der Waals surface area (Å²) in [4.78, 5) is 17.0. The van der Waals surface area contributed by atoms with Crippen LogP contribution in [-0.4, -0.2) is 16.0 Å². The summed E-state index contributed by atoms with van der Waals surface area (Å²) in [6.07, 6.45) is 0. The fourth-order valence-corrected chi connectivity index (χ4v) is 3.85. The maximum absolute atomic E-state index is 12.4. The van der Waals surface area contributed by atoms with Crippen LogP contribution < -0.4 is 10.6 Å². The highest BCUT2D eigenvalue weighted by Crippen LogP contribution is 2.27. The van der Waals surface area contributed by atoms with Gasteiger partial charge in [0.1, 0.15) is 5.52 Å². The third kappa shape index (κ3) is 4.93. The van der Waals surface area contributed by atoms with Gasteiger partial charge >= 0.3 is 0 Å². The molecule has 0 spiro atoms. The van der Waals surface area contributed by atoms with Crippen LogP contribution in [0.15, 0.2) is 65.1 Å². The average Bonchev–Trinajstić information content (AvgIpc) is 3.17. The first-order valence-corrected chi connectivity index (χ1v) is 11.0. The van der Waals surface area contributed by atoms with Crippen LogP contribution in [0.5, 0.6) is 0 Å². The first-order valence-electron chi connectivity index (χ1n) is 9.88. The third-order valence-corrected chi connectivity index (χ3v) is 5.62. The lowest BCUT2D eigenvalue weighted by Crippen LogP contribution is -2.34. The van der Waals surface area contributed by atoms with Crippen LogP contribution >= 0.6 is 35.4 Å². The van der Waals surface area contributed by atoms with Crippen molar-refractivity contribution >= 4 is 63.2 Å². The van der Waals surface area contributed by atoms with E-state index in [-0.39, 0.29) is 15.7 Å². The third-order valence-electron chi connectivity index (χ3n) is 4.87. The molecule has 2 N–H and O–H groups in total. The largest absolute Gasteiger partial charge is 0.436 e. The highest BCUT2D eigenvalue weighted by Gasteiger charge is 2.14. The smallest absolute Gasteiger partial charge is 0.258 e. The molecule has 0 radical (unpaired) electrons. The summed E-state index contributed by atoms with van der Waals surface area (Å²) in [6.45, 7) is 4.31. The predicted octanol–water partition coefficient (Wildman–Crippen LogP) is 7.05. The topological polar surface area (TPSA) is 67.2 Å². The Morgan fingerprint density at radius 2 is 1.78 bits per heavy atom. The molecule has 0 atom stereocenters. The van der Waals surface area contributed by atoms with Gasteiger partial charge in [0.2, 0.25) is 5.89 Å². The van der Waals surface area contributed by atoms with Crippen molar-refractivity contribution in [2.45, 2.75) is 19.8 Å². The van der Waals surface area contributed by atoms with Crippen LogP contribution in [0.4, 0.5) is 5.69 Å². The number of oxazole rings is 1. The summed E-state index contributed by atoms with van der Waals surface area (Å²) < 4.78 is 5.89. The minimum Gasteiger partial charge on any atom is -0.436 e. The van der Waals surface area contributed by atoms with Gasteiger partial charge in [0.25, 0.3) is 5.91 Å². The number of benzene rings is 3. The van der Waals surface area contributed by atoms with E-state index >= 15 is 0 Å². The first kappa shape index (κ1) is 22.3. The summed E-state index contributed by atoms with van der Waals surface area (Å²) in [5.74, 6) is 0.570. The second-order valence-corrected chi connectivity index (χ2v) is 8.76. The molecule has 0 aliphatic heterocycles. The van der Waals surface area contributed by atoms with E-state index in [1.807, 2.05) is 12.1 Å². The Morgan fingerprint density at radius 1 is 1.03 bits per heavy atom. The van der Waals surface area contributed by atoms with Gasteiger partial charge in [-0.05, 0) is 72.2 Å². The number of nitrogens with zero attached hydrogens (tertiary/aromatic N) is 1. The molecule has 4 aromatic rings. The molecule has 3 aromatic carbocycles. The lowest BCUT2D eigenvalue weighted by atomic mass is 10.0. The van der Waals surface area contributed by atoms with Crippen LogP contribution in [0, 0.1) is 0 Å². The van der Waals surface area contributed by atoms with E-state index in [0.717, 1.165) is 5.56 Å². The second-order valence-electron chi connectivity index (χ2n) is 7.51. The number of thiocarbonyl (C=S) groups is 1. The number of anilines is 1. The van der Waals surface area contributed by atoms with E-state index in [2.05, 4.69) is 41.6 Å². The van der Waals surface area contributed by atoms with Gasteiger partial charge in [-0.25, -0.2) is 4.98 Å². The molecule has 162 valence electrons. The second kappa shape index (κ2) is 9.28. The number of rotatable bonds is 4. The fraction of sp³-hybridized carbons (Fsp3) is 0.125. The van der Waals surface area contributed by atoms with E-state index in [9.17, 15) is 4.79 Å². The van der Waals surface area contributed by atoms with Crippen molar-refractivity contribution in [1.29, 1.82) is 0 Å². The van der Waals surface area contributed by atoms with Gasteiger partial charge < -0.3 is 9.73 Å². The molecular formula is C24H19Cl2N3O2S. The minimum absolute atomic E-state index is 0.133.